The Morgan fingerprint density at radius 3 is 2.73 bits per heavy atom. The second-order valence-corrected chi connectivity index (χ2v) is 6.65. The Kier molecular flexibility index (Phi) is 10.1. The molecule has 1 amide bonds. The van der Waals surface area contributed by atoms with Crippen LogP contribution in [0, 0.1) is 0 Å². The Morgan fingerprint density at radius 1 is 1.36 bits per heavy atom. The van der Waals surface area contributed by atoms with Gasteiger partial charge >= 0.3 is 0 Å². The zero-order valence-corrected chi connectivity index (χ0v) is 15.2. The van der Waals surface area contributed by atoms with Crippen LogP contribution in [0.15, 0.2) is 4.99 Å². The van der Waals surface area contributed by atoms with Crippen molar-refractivity contribution in [2.24, 2.45) is 4.99 Å². The second-order valence-electron chi connectivity index (χ2n) is 5.67. The lowest BCUT2D eigenvalue weighted by Gasteiger charge is -2.27. The van der Waals surface area contributed by atoms with Gasteiger partial charge in [0.2, 0.25) is 5.91 Å². The van der Waals surface area contributed by atoms with Crippen LogP contribution in [0.3, 0.4) is 0 Å². The predicted molar refractivity (Wildman–Crippen MR) is 96.6 cm³/mol. The van der Waals surface area contributed by atoms with Gasteiger partial charge in [0, 0.05) is 39.1 Å². The summed E-state index contributed by atoms with van der Waals surface area (Å²) in [5.41, 5.74) is 0. The van der Waals surface area contributed by atoms with Gasteiger partial charge in [-0.1, -0.05) is 6.92 Å². The van der Waals surface area contributed by atoms with Crippen molar-refractivity contribution in [2.45, 2.75) is 51.5 Å². The molecule has 0 saturated carbocycles. The minimum atomic E-state index is 0.322. The minimum absolute atomic E-state index is 0.322. The van der Waals surface area contributed by atoms with Crippen LogP contribution in [-0.2, 0) is 4.79 Å². The van der Waals surface area contributed by atoms with E-state index in [1.165, 1.54) is 18.6 Å². The van der Waals surface area contributed by atoms with E-state index in [9.17, 15) is 4.79 Å². The van der Waals surface area contributed by atoms with Gasteiger partial charge in [0.1, 0.15) is 0 Å². The van der Waals surface area contributed by atoms with Gasteiger partial charge in [0.25, 0.3) is 0 Å². The average Bonchev–Trinajstić information content (AvgIpc) is 2.95. The summed E-state index contributed by atoms with van der Waals surface area (Å²) in [4.78, 5) is 18.1. The predicted octanol–water partition coefficient (Wildman–Crippen LogP) is 2.09. The number of nitrogens with one attached hydrogen (secondary N) is 2. The molecule has 0 aliphatic carbocycles. The van der Waals surface area contributed by atoms with Crippen molar-refractivity contribution < 1.29 is 4.79 Å². The first-order valence-corrected chi connectivity index (χ1v) is 9.85. The number of rotatable bonds is 10. The molecule has 2 N–H and O–H groups in total. The number of carbonyl (C=O) groups is 1. The van der Waals surface area contributed by atoms with Crippen molar-refractivity contribution in [3.63, 3.8) is 0 Å². The van der Waals surface area contributed by atoms with Crippen LogP contribution in [0.5, 0.6) is 0 Å². The van der Waals surface area contributed by atoms with E-state index >= 15 is 0 Å². The van der Waals surface area contributed by atoms with E-state index < -0.39 is 0 Å². The normalized spacial score (nSPS) is 17.0. The summed E-state index contributed by atoms with van der Waals surface area (Å²) >= 11 is 1.89. The first-order chi connectivity index (χ1) is 10.7. The van der Waals surface area contributed by atoms with E-state index in [4.69, 9.17) is 0 Å². The van der Waals surface area contributed by atoms with Crippen LogP contribution in [0.4, 0.5) is 0 Å². The molecular formula is C16H32N4OS. The van der Waals surface area contributed by atoms with E-state index in [0.29, 0.717) is 11.9 Å². The van der Waals surface area contributed by atoms with Crippen LogP contribution in [0.2, 0.25) is 0 Å². The van der Waals surface area contributed by atoms with E-state index in [0.717, 1.165) is 51.3 Å². The number of unbranched alkanes of at least 4 members (excludes halogenated alkanes) is 1. The molecule has 0 spiro atoms. The minimum Gasteiger partial charge on any atom is -0.356 e. The number of hydrogen-bond donors (Lipinski definition) is 2. The maximum Gasteiger partial charge on any atom is 0.222 e. The Morgan fingerprint density at radius 2 is 2.14 bits per heavy atom. The molecular weight excluding hydrogens is 296 g/mol. The Balaban J connectivity index is 2.20. The van der Waals surface area contributed by atoms with Crippen molar-refractivity contribution in [1.82, 2.24) is 15.5 Å². The highest BCUT2D eigenvalue weighted by Crippen LogP contribution is 2.17. The fraction of sp³-hybridized carbons (Fsp3) is 0.875. The standard InChI is InChI=1S/C16H32N4OS/c1-4-14(20-12-7-8-15(20)21)9-11-19-16(17-2)18-10-5-6-13-22-3/h14H,4-13H2,1-3H3,(H2,17,18,19). The quantitative estimate of drug-likeness (QED) is 0.366. The molecule has 1 fully saturated rings. The highest BCUT2D eigenvalue weighted by Gasteiger charge is 2.26. The van der Waals surface area contributed by atoms with Gasteiger partial charge in [0.15, 0.2) is 5.96 Å². The number of nitrogens with zero attached hydrogens (tertiary/aromatic N) is 2. The fourth-order valence-electron chi connectivity index (χ4n) is 2.79. The van der Waals surface area contributed by atoms with E-state index in [2.05, 4.69) is 33.7 Å². The summed E-state index contributed by atoms with van der Waals surface area (Å²) in [6.45, 7) is 4.91. The molecule has 0 bridgehead atoms. The van der Waals surface area contributed by atoms with Crippen LogP contribution >= 0.6 is 11.8 Å². The highest BCUT2D eigenvalue weighted by atomic mass is 32.2. The van der Waals surface area contributed by atoms with Gasteiger partial charge < -0.3 is 15.5 Å². The summed E-state index contributed by atoms with van der Waals surface area (Å²) in [5.74, 6) is 2.41. The smallest absolute Gasteiger partial charge is 0.222 e. The van der Waals surface area contributed by atoms with E-state index in [1.54, 1.807) is 7.05 Å². The van der Waals surface area contributed by atoms with Gasteiger partial charge in [-0.25, -0.2) is 0 Å². The highest BCUT2D eigenvalue weighted by molar-refractivity contribution is 7.98. The van der Waals surface area contributed by atoms with Gasteiger partial charge in [-0.05, 0) is 44.1 Å². The molecule has 1 atom stereocenters. The Labute approximate surface area is 139 Å². The number of guanidine groups is 1. The maximum absolute atomic E-state index is 11.8. The topological polar surface area (TPSA) is 56.7 Å². The van der Waals surface area contributed by atoms with Crippen LogP contribution in [0.25, 0.3) is 0 Å². The second kappa shape index (κ2) is 11.6. The Hall–Kier alpha value is -0.910. The number of amides is 1. The number of carbonyl (C=O) groups excluding carboxylic acids is 1. The van der Waals surface area contributed by atoms with E-state index in [1.807, 2.05) is 11.8 Å². The summed E-state index contributed by atoms with van der Waals surface area (Å²) in [6.07, 6.45) is 8.29. The van der Waals surface area contributed by atoms with Gasteiger partial charge in [-0.2, -0.15) is 11.8 Å². The molecule has 6 heteroatoms. The number of thioether (sulfide) groups is 1. The third-order valence-corrected chi connectivity index (χ3v) is 4.78. The maximum atomic E-state index is 11.8. The monoisotopic (exact) mass is 328 g/mol. The third-order valence-electron chi connectivity index (χ3n) is 4.08. The Bertz CT molecular complexity index is 349. The van der Waals surface area contributed by atoms with Gasteiger partial charge in [-0.3, -0.25) is 9.79 Å². The lowest BCUT2D eigenvalue weighted by Crippen LogP contribution is -2.42. The molecule has 1 unspecified atom stereocenters. The number of hydrogen-bond acceptors (Lipinski definition) is 3. The molecule has 0 aromatic carbocycles. The lowest BCUT2D eigenvalue weighted by atomic mass is 10.1. The first-order valence-electron chi connectivity index (χ1n) is 8.45. The lowest BCUT2D eigenvalue weighted by molar-refractivity contribution is -0.129. The van der Waals surface area contributed by atoms with E-state index in [-0.39, 0.29) is 0 Å². The molecule has 0 radical (unpaired) electrons. The molecule has 22 heavy (non-hydrogen) atoms. The van der Waals surface area contributed by atoms with Gasteiger partial charge in [0.05, 0.1) is 0 Å². The summed E-state index contributed by atoms with van der Waals surface area (Å²) in [7, 11) is 1.80. The fourth-order valence-corrected chi connectivity index (χ4v) is 3.28. The molecule has 128 valence electrons. The summed E-state index contributed by atoms with van der Waals surface area (Å²) < 4.78 is 0. The molecule has 1 rings (SSSR count). The zero-order valence-electron chi connectivity index (χ0n) is 14.4. The summed E-state index contributed by atoms with van der Waals surface area (Å²) in [6, 6.07) is 0.363. The van der Waals surface area contributed by atoms with Crippen LogP contribution < -0.4 is 10.6 Å². The SMILES string of the molecule is CCC(CCNC(=NC)NCCCCSC)N1CCCC1=O. The first kappa shape index (κ1) is 19.1. The van der Waals surface area contributed by atoms with Crippen molar-refractivity contribution in [2.75, 3.05) is 38.7 Å². The third kappa shape index (κ3) is 6.90. The van der Waals surface area contributed by atoms with Crippen molar-refractivity contribution in [3.8, 4) is 0 Å². The zero-order chi connectivity index (χ0) is 16.2. The average molecular weight is 329 g/mol. The molecule has 1 heterocycles. The van der Waals surface area contributed by atoms with Crippen LogP contribution in [0.1, 0.15) is 45.4 Å². The summed E-state index contributed by atoms with van der Waals surface area (Å²) in [5, 5.41) is 6.71. The van der Waals surface area contributed by atoms with Crippen molar-refractivity contribution in [1.29, 1.82) is 0 Å². The van der Waals surface area contributed by atoms with Crippen LogP contribution in [-0.4, -0.2) is 61.5 Å². The van der Waals surface area contributed by atoms with Crippen molar-refractivity contribution in [3.05, 3.63) is 0 Å². The van der Waals surface area contributed by atoms with Crippen molar-refractivity contribution >= 4 is 23.6 Å². The molecule has 0 aromatic heterocycles. The number of likely N-dealkylation sites (tertiary alicyclic amines) is 1. The van der Waals surface area contributed by atoms with Gasteiger partial charge in [-0.15, -0.1) is 0 Å². The molecule has 1 saturated heterocycles. The molecule has 5 nitrogen and oxygen atoms in total. The molecule has 1 aliphatic rings. The molecule has 0 aromatic rings. The molecule has 1 aliphatic heterocycles. The number of aliphatic imine (C=N–C) groups is 1. The largest absolute Gasteiger partial charge is 0.356 e.